The summed E-state index contributed by atoms with van der Waals surface area (Å²) in [5, 5.41) is 2.59. The molecule has 0 bridgehead atoms. The summed E-state index contributed by atoms with van der Waals surface area (Å²) < 4.78 is 16.7. The molecule has 5 nitrogen and oxygen atoms in total. The number of aryl methyl sites for hydroxylation is 1. The van der Waals surface area contributed by atoms with Crippen molar-refractivity contribution in [3.63, 3.8) is 0 Å². The molecule has 0 atom stereocenters. The smallest absolute Gasteiger partial charge is 0.216 e. The van der Waals surface area contributed by atoms with E-state index in [9.17, 15) is 9.18 Å². The van der Waals surface area contributed by atoms with Crippen LogP contribution in [0.25, 0.3) is 11.0 Å². The van der Waals surface area contributed by atoms with Gasteiger partial charge in [0.15, 0.2) is 0 Å². The standard InChI is InChI=1S/C16H21FN4O/c1-12(22)18-11-16(17)7-9-21(10-8-16)15-19-13-5-3-4-6-14(13)20(15)2/h3-6H,7-11H2,1-2H3,(H,18,22). The number of anilines is 1. The van der Waals surface area contributed by atoms with Gasteiger partial charge in [0.2, 0.25) is 11.9 Å². The molecule has 0 spiro atoms. The number of nitrogens with zero attached hydrogens (tertiary/aromatic N) is 3. The van der Waals surface area contributed by atoms with Crippen LogP contribution in [0.4, 0.5) is 10.3 Å². The molecular weight excluding hydrogens is 283 g/mol. The fourth-order valence-electron chi connectivity index (χ4n) is 2.98. The van der Waals surface area contributed by atoms with E-state index in [4.69, 9.17) is 0 Å². The molecule has 118 valence electrons. The first-order valence-electron chi connectivity index (χ1n) is 7.58. The number of carbonyl (C=O) groups excluding carboxylic acids is 1. The molecule has 3 rings (SSSR count). The fraction of sp³-hybridized carbons (Fsp3) is 0.500. The summed E-state index contributed by atoms with van der Waals surface area (Å²) >= 11 is 0. The summed E-state index contributed by atoms with van der Waals surface area (Å²) in [4.78, 5) is 17.7. The van der Waals surface area contributed by atoms with Crippen LogP contribution in [0.2, 0.25) is 0 Å². The Morgan fingerprint density at radius 3 is 2.68 bits per heavy atom. The van der Waals surface area contributed by atoms with Crippen molar-refractivity contribution < 1.29 is 9.18 Å². The summed E-state index contributed by atoms with van der Waals surface area (Å²) in [6, 6.07) is 7.98. The van der Waals surface area contributed by atoms with E-state index < -0.39 is 5.67 Å². The highest BCUT2D eigenvalue weighted by atomic mass is 19.1. The first kappa shape index (κ1) is 14.8. The van der Waals surface area contributed by atoms with E-state index in [1.165, 1.54) is 6.92 Å². The minimum absolute atomic E-state index is 0.0959. The molecule has 1 N–H and O–H groups in total. The van der Waals surface area contributed by atoms with Gasteiger partial charge in [0.25, 0.3) is 0 Å². The number of hydrogen-bond donors (Lipinski definition) is 1. The minimum Gasteiger partial charge on any atom is -0.353 e. The molecule has 1 aromatic carbocycles. The lowest BCUT2D eigenvalue weighted by Gasteiger charge is -2.36. The second-order valence-corrected chi connectivity index (χ2v) is 6.01. The number of benzene rings is 1. The summed E-state index contributed by atoms with van der Waals surface area (Å²) in [6.45, 7) is 2.72. The van der Waals surface area contributed by atoms with Crippen LogP contribution in [0.1, 0.15) is 19.8 Å². The number of para-hydroxylation sites is 2. The zero-order valence-electron chi connectivity index (χ0n) is 13.0. The van der Waals surface area contributed by atoms with Gasteiger partial charge < -0.3 is 14.8 Å². The third kappa shape index (κ3) is 2.77. The van der Waals surface area contributed by atoms with Crippen LogP contribution >= 0.6 is 0 Å². The molecule has 0 aliphatic carbocycles. The minimum atomic E-state index is -1.31. The second-order valence-electron chi connectivity index (χ2n) is 6.01. The van der Waals surface area contributed by atoms with Crippen molar-refractivity contribution in [2.45, 2.75) is 25.4 Å². The molecule has 2 heterocycles. The van der Waals surface area contributed by atoms with E-state index >= 15 is 0 Å². The van der Waals surface area contributed by atoms with Gasteiger partial charge in [-0.2, -0.15) is 0 Å². The lowest BCUT2D eigenvalue weighted by molar-refractivity contribution is -0.119. The average molecular weight is 304 g/mol. The second kappa shape index (κ2) is 5.59. The largest absolute Gasteiger partial charge is 0.353 e. The number of imidazole rings is 1. The summed E-state index contributed by atoms with van der Waals surface area (Å²) in [5.41, 5.74) is 0.718. The van der Waals surface area contributed by atoms with Gasteiger partial charge in [-0.25, -0.2) is 9.37 Å². The molecular formula is C16H21FN4O. The van der Waals surface area contributed by atoms with Crippen molar-refractivity contribution >= 4 is 22.9 Å². The number of rotatable bonds is 3. The number of piperidine rings is 1. The van der Waals surface area contributed by atoms with Crippen LogP contribution in [0.3, 0.4) is 0 Å². The third-order valence-corrected chi connectivity index (χ3v) is 4.36. The number of halogens is 1. The molecule has 1 aromatic heterocycles. The normalized spacial score (nSPS) is 17.7. The third-order valence-electron chi connectivity index (χ3n) is 4.36. The lowest BCUT2D eigenvalue weighted by atomic mass is 9.93. The monoisotopic (exact) mass is 304 g/mol. The number of fused-ring (bicyclic) bond motifs is 1. The van der Waals surface area contributed by atoms with Crippen molar-refractivity contribution in [2.24, 2.45) is 7.05 Å². The van der Waals surface area contributed by atoms with Crippen LogP contribution in [0.5, 0.6) is 0 Å². The summed E-state index contributed by atoms with van der Waals surface area (Å²) in [7, 11) is 1.99. The van der Waals surface area contributed by atoms with Gasteiger partial charge in [-0.1, -0.05) is 12.1 Å². The van der Waals surface area contributed by atoms with Crippen molar-refractivity contribution in [1.82, 2.24) is 14.9 Å². The molecule has 1 amide bonds. The van der Waals surface area contributed by atoms with Crippen molar-refractivity contribution in [3.05, 3.63) is 24.3 Å². The van der Waals surface area contributed by atoms with Crippen molar-refractivity contribution in [1.29, 1.82) is 0 Å². The number of aromatic nitrogens is 2. The van der Waals surface area contributed by atoms with Crippen molar-refractivity contribution in [3.8, 4) is 0 Å². The SMILES string of the molecule is CC(=O)NCC1(F)CCN(c2nc3ccccc3n2C)CC1. The zero-order chi connectivity index (χ0) is 15.7. The number of alkyl halides is 1. The molecule has 1 saturated heterocycles. The first-order valence-corrected chi connectivity index (χ1v) is 7.58. The van der Waals surface area contributed by atoms with Gasteiger partial charge in [0, 0.05) is 39.9 Å². The Kier molecular flexibility index (Phi) is 3.76. The molecule has 1 aliphatic heterocycles. The Hall–Kier alpha value is -2.11. The molecule has 1 aliphatic rings. The molecule has 2 aromatic rings. The molecule has 22 heavy (non-hydrogen) atoms. The van der Waals surface area contributed by atoms with Crippen LogP contribution in [0.15, 0.2) is 24.3 Å². The Morgan fingerprint density at radius 1 is 1.36 bits per heavy atom. The first-order chi connectivity index (χ1) is 10.5. The maximum absolute atomic E-state index is 14.7. The highest BCUT2D eigenvalue weighted by molar-refractivity contribution is 5.78. The Labute approximate surface area is 129 Å². The Bertz CT molecular complexity index is 689. The summed E-state index contributed by atoms with van der Waals surface area (Å²) in [5.74, 6) is 0.692. The predicted molar refractivity (Wildman–Crippen MR) is 84.7 cm³/mol. The lowest BCUT2D eigenvalue weighted by Crippen LogP contribution is -2.48. The average Bonchev–Trinajstić information content (AvgIpc) is 2.84. The molecule has 1 fully saturated rings. The number of hydrogen-bond acceptors (Lipinski definition) is 3. The van der Waals surface area contributed by atoms with Crippen molar-refractivity contribution in [2.75, 3.05) is 24.5 Å². The van der Waals surface area contributed by atoms with Gasteiger partial charge in [0.05, 0.1) is 17.6 Å². The Morgan fingerprint density at radius 2 is 2.05 bits per heavy atom. The van der Waals surface area contributed by atoms with Gasteiger partial charge in [0.1, 0.15) is 5.67 Å². The molecule has 0 radical (unpaired) electrons. The van der Waals surface area contributed by atoms with Crippen LogP contribution in [-0.2, 0) is 11.8 Å². The highest BCUT2D eigenvalue weighted by Crippen LogP contribution is 2.30. The Balaban J connectivity index is 1.72. The fourth-order valence-corrected chi connectivity index (χ4v) is 2.98. The molecule has 6 heteroatoms. The van der Waals surface area contributed by atoms with Gasteiger partial charge in [-0.3, -0.25) is 4.79 Å². The van der Waals surface area contributed by atoms with Crippen LogP contribution in [-0.4, -0.2) is 40.8 Å². The van der Waals surface area contributed by atoms with E-state index in [-0.39, 0.29) is 12.5 Å². The van der Waals surface area contributed by atoms with Gasteiger partial charge >= 0.3 is 0 Å². The van der Waals surface area contributed by atoms with E-state index in [2.05, 4.69) is 15.2 Å². The summed E-state index contributed by atoms with van der Waals surface area (Å²) in [6.07, 6.45) is 0.799. The van der Waals surface area contributed by atoms with Crippen LogP contribution in [0, 0.1) is 0 Å². The van der Waals surface area contributed by atoms with Gasteiger partial charge in [-0.05, 0) is 12.1 Å². The van der Waals surface area contributed by atoms with E-state index in [0.717, 1.165) is 17.0 Å². The maximum Gasteiger partial charge on any atom is 0.216 e. The zero-order valence-corrected chi connectivity index (χ0v) is 13.0. The number of nitrogens with one attached hydrogen (secondary N) is 1. The molecule has 0 saturated carbocycles. The van der Waals surface area contributed by atoms with Gasteiger partial charge in [-0.15, -0.1) is 0 Å². The highest BCUT2D eigenvalue weighted by Gasteiger charge is 2.35. The number of amides is 1. The maximum atomic E-state index is 14.7. The predicted octanol–water partition coefficient (Wildman–Crippen LogP) is 2.02. The quantitative estimate of drug-likeness (QED) is 0.944. The van der Waals surface area contributed by atoms with E-state index in [0.29, 0.717) is 25.9 Å². The van der Waals surface area contributed by atoms with E-state index in [1.54, 1.807) is 0 Å². The topological polar surface area (TPSA) is 50.2 Å². The van der Waals surface area contributed by atoms with Crippen LogP contribution < -0.4 is 10.2 Å². The number of carbonyl (C=O) groups is 1. The van der Waals surface area contributed by atoms with E-state index in [1.807, 2.05) is 35.9 Å². The molecule has 0 unspecified atom stereocenters.